The van der Waals surface area contributed by atoms with Gasteiger partial charge in [-0.2, -0.15) is 0 Å². The number of esters is 1. The highest BCUT2D eigenvalue weighted by atomic mass is 16.5. The summed E-state index contributed by atoms with van der Waals surface area (Å²) in [5.41, 5.74) is 3.36. The minimum atomic E-state index is -0.375. The number of carbonyl (C=O) groups excluding carboxylic acids is 1. The van der Waals surface area contributed by atoms with Gasteiger partial charge in [0.15, 0.2) is 0 Å². The topological polar surface area (TPSA) is 82.7 Å². The van der Waals surface area contributed by atoms with Crippen molar-refractivity contribution in [3.63, 3.8) is 0 Å². The molecule has 0 saturated carbocycles. The maximum Gasteiger partial charge on any atom is 0.338 e. The van der Waals surface area contributed by atoms with Crippen molar-refractivity contribution in [1.82, 2.24) is 9.97 Å². The highest BCUT2D eigenvalue weighted by Crippen LogP contribution is 2.24. The average molecular weight is 437 g/mol. The van der Waals surface area contributed by atoms with Crippen molar-refractivity contribution in [2.45, 2.75) is 20.0 Å². The quantitative estimate of drug-likeness (QED) is 0.447. The average Bonchev–Trinajstić information content (AvgIpc) is 3.33. The highest BCUT2D eigenvalue weighted by Gasteiger charge is 2.12. The number of nitrogens with zero attached hydrogens (tertiary/aromatic N) is 1. The molecule has 7 nitrogen and oxygen atoms in total. The van der Waals surface area contributed by atoms with Crippen molar-refractivity contribution >= 4 is 12.0 Å². The number of H-pyrrole nitrogens is 1. The van der Waals surface area contributed by atoms with Crippen LogP contribution >= 0.6 is 0 Å². The molecule has 0 aliphatic rings. The molecule has 0 atom stereocenters. The lowest BCUT2D eigenvalue weighted by Crippen LogP contribution is -2.06. The van der Waals surface area contributed by atoms with Gasteiger partial charge in [0.1, 0.15) is 17.3 Å². The number of aromatic amines is 1. The summed E-state index contributed by atoms with van der Waals surface area (Å²) in [5.74, 6) is 1.86. The summed E-state index contributed by atoms with van der Waals surface area (Å²) in [5, 5.41) is 0. The Morgan fingerprint density at radius 1 is 1.09 bits per heavy atom. The standard InChI is InChI=1S/C25H28N2O5/c1-4-32-25(28)21-8-7-20(23(15-21)30-3)13-19(14-24-26-11-12-27-24)17-31-16-18-5-9-22(29-2)10-6-18/h5-13,15H,4,14,16-17H2,1-3H3,(H,26,27). The number of benzene rings is 2. The third-order valence-corrected chi connectivity index (χ3v) is 4.77. The molecule has 0 radical (unpaired) electrons. The lowest BCUT2D eigenvalue weighted by Gasteiger charge is -2.12. The molecule has 1 aromatic heterocycles. The first-order valence-electron chi connectivity index (χ1n) is 10.4. The summed E-state index contributed by atoms with van der Waals surface area (Å²) in [6.07, 6.45) is 6.11. The van der Waals surface area contributed by atoms with Gasteiger partial charge in [-0.25, -0.2) is 9.78 Å². The zero-order valence-corrected chi connectivity index (χ0v) is 18.6. The van der Waals surface area contributed by atoms with Crippen LogP contribution in [0.25, 0.3) is 6.08 Å². The van der Waals surface area contributed by atoms with E-state index in [4.69, 9.17) is 18.9 Å². The van der Waals surface area contributed by atoms with E-state index in [1.54, 1.807) is 45.7 Å². The molecule has 1 N–H and O–H groups in total. The van der Waals surface area contributed by atoms with Gasteiger partial charge in [-0.15, -0.1) is 0 Å². The Morgan fingerprint density at radius 3 is 2.56 bits per heavy atom. The van der Waals surface area contributed by atoms with Crippen LogP contribution in [-0.2, 0) is 22.5 Å². The molecule has 0 aliphatic carbocycles. The first-order chi connectivity index (χ1) is 15.6. The SMILES string of the molecule is CCOC(=O)c1ccc(C=C(COCc2ccc(OC)cc2)Cc2ncc[nH]2)c(OC)c1. The molecule has 0 aliphatic heterocycles. The molecule has 168 valence electrons. The Morgan fingerprint density at radius 2 is 1.91 bits per heavy atom. The predicted molar refractivity (Wildman–Crippen MR) is 122 cm³/mol. The summed E-state index contributed by atoms with van der Waals surface area (Å²) in [4.78, 5) is 19.5. The zero-order valence-electron chi connectivity index (χ0n) is 18.6. The van der Waals surface area contributed by atoms with Gasteiger partial charge < -0.3 is 23.9 Å². The van der Waals surface area contributed by atoms with Crippen molar-refractivity contribution in [2.75, 3.05) is 27.4 Å². The number of rotatable bonds is 11. The Hall–Kier alpha value is -3.58. The normalized spacial score (nSPS) is 11.3. The van der Waals surface area contributed by atoms with E-state index in [2.05, 4.69) is 9.97 Å². The van der Waals surface area contributed by atoms with Crippen molar-refractivity contribution in [3.8, 4) is 11.5 Å². The Kier molecular flexibility index (Phi) is 8.45. The largest absolute Gasteiger partial charge is 0.497 e. The van der Waals surface area contributed by atoms with Crippen LogP contribution in [0.3, 0.4) is 0 Å². The molecule has 0 unspecified atom stereocenters. The van der Waals surface area contributed by atoms with Crippen LogP contribution in [0.4, 0.5) is 0 Å². The predicted octanol–water partition coefficient (Wildman–Crippen LogP) is 4.45. The van der Waals surface area contributed by atoms with Crippen LogP contribution in [0.5, 0.6) is 11.5 Å². The van der Waals surface area contributed by atoms with Gasteiger partial charge in [0.05, 0.1) is 39.6 Å². The van der Waals surface area contributed by atoms with Gasteiger partial charge >= 0.3 is 5.97 Å². The molecule has 0 fully saturated rings. The third kappa shape index (κ3) is 6.46. The summed E-state index contributed by atoms with van der Waals surface area (Å²) in [6, 6.07) is 13.0. The molecule has 3 aromatic rings. The van der Waals surface area contributed by atoms with E-state index in [-0.39, 0.29) is 5.97 Å². The molecule has 2 aromatic carbocycles. The summed E-state index contributed by atoms with van der Waals surface area (Å²) >= 11 is 0. The van der Waals surface area contributed by atoms with E-state index >= 15 is 0 Å². The van der Waals surface area contributed by atoms with Gasteiger partial charge in [-0.1, -0.05) is 18.2 Å². The minimum Gasteiger partial charge on any atom is -0.497 e. The number of imidazole rings is 1. The maximum absolute atomic E-state index is 12.0. The van der Waals surface area contributed by atoms with Crippen LogP contribution in [-0.4, -0.2) is 43.4 Å². The third-order valence-electron chi connectivity index (χ3n) is 4.77. The number of hydrogen-bond donors (Lipinski definition) is 1. The molecular weight excluding hydrogens is 408 g/mol. The Bertz CT molecular complexity index is 1030. The van der Waals surface area contributed by atoms with Crippen LogP contribution in [0.15, 0.2) is 60.4 Å². The lowest BCUT2D eigenvalue weighted by atomic mass is 10.1. The molecular formula is C25H28N2O5. The molecule has 1 heterocycles. The van der Waals surface area contributed by atoms with Gasteiger partial charge in [-0.05, 0) is 48.4 Å². The second kappa shape index (κ2) is 11.7. The Balaban J connectivity index is 1.77. The van der Waals surface area contributed by atoms with Crippen LogP contribution in [0.1, 0.15) is 34.2 Å². The molecule has 0 bridgehead atoms. The van der Waals surface area contributed by atoms with Gasteiger partial charge in [0, 0.05) is 24.4 Å². The fourth-order valence-electron chi connectivity index (χ4n) is 3.17. The minimum absolute atomic E-state index is 0.321. The van der Waals surface area contributed by atoms with E-state index in [1.807, 2.05) is 36.4 Å². The molecule has 0 amide bonds. The summed E-state index contributed by atoms with van der Waals surface area (Å²) in [6.45, 7) is 2.98. The molecule has 0 spiro atoms. The Labute approximate surface area is 188 Å². The number of hydrogen-bond acceptors (Lipinski definition) is 6. The smallest absolute Gasteiger partial charge is 0.338 e. The monoisotopic (exact) mass is 436 g/mol. The fourth-order valence-corrected chi connectivity index (χ4v) is 3.17. The number of carbonyl (C=O) groups is 1. The van der Waals surface area contributed by atoms with Crippen molar-refractivity contribution in [2.24, 2.45) is 0 Å². The first-order valence-corrected chi connectivity index (χ1v) is 10.4. The lowest BCUT2D eigenvalue weighted by molar-refractivity contribution is 0.0526. The van der Waals surface area contributed by atoms with Crippen LogP contribution in [0.2, 0.25) is 0 Å². The second-order valence-corrected chi connectivity index (χ2v) is 7.03. The van der Waals surface area contributed by atoms with Crippen LogP contribution in [0, 0.1) is 0 Å². The van der Waals surface area contributed by atoms with E-state index < -0.39 is 0 Å². The highest BCUT2D eigenvalue weighted by molar-refractivity contribution is 5.90. The van der Waals surface area contributed by atoms with Gasteiger partial charge in [-0.3, -0.25) is 0 Å². The second-order valence-electron chi connectivity index (χ2n) is 7.03. The van der Waals surface area contributed by atoms with Gasteiger partial charge in [0.2, 0.25) is 0 Å². The van der Waals surface area contributed by atoms with E-state index in [0.717, 1.165) is 28.3 Å². The number of ether oxygens (including phenoxy) is 4. The first kappa shape index (κ1) is 23.1. The van der Waals surface area contributed by atoms with E-state index in [1.165, 1.54) is 0 Å². The van der Waals surface area contributed by atoms with E-state index in [0.29, 0.717) is 37.6 Å². The summed E-state index contributed by atoms with van der Waals surface area (Å²) < 4.78 is 21.8. The number of aromatic nitrogens is 2. The number of methoxy groups -OCH3 is 2. The molecule has 3 rings (SSSR count). The molecule has 0 saturated heterocycles. The van der Waals surface area contributed by atoms with Crippen molar-refractivity contribution < 1.29 is 23.7 Å². The molecule has 32 heavy (non-hydrogen) atoms. The zero-order chi connectivity index (χ0) is 22.8. The number of nitrogens with one attached hydrogen (secondary N) is 1. The summed E-state index contributed by atoms with van der Waals surface area (Å²) in [7, 11) is 3.22. The van der Waals surface area contributed by atoms with Crippen LogP contribution < -0.4 is 9.47 Å². The van der Waals surface area contributed by atoms with Gasteiger partial charge in [0.25, 0.3) is 0 Å². The molecule has 7 heteroatoms. The van der Waals surface area contributed by atoms with Crippen molar-refractivity contribution in [3.05, 3.63) is 82.9 Å². The van der Waals surface area contributed by atoms with E-state index in [9.17, 15) is 4.79 Å². The van der Waals surface area contributed by atoms with Crippen molar-refractivity contribution in [1.29, 1.82) is 0 Å². The maximum atomic E-state index is 12.0. The fraction of sp³-hybridized carbons (Fsp3) is 0.280.